The first-order chi connectivity index (χ1) is 12.1. The fourth-order valence-corrected chi connectivity index (χ4v) is 3.51. The first-order valence-electron chi connectivity index (χ1n) is 8.06. The van der Waals surface area contributed by atoms with E-state index in [1.165, 1.54) is 11.3 Å². The molecule has 6 heteroatoms. The van der Waals surface area contributed by atoms with Crippen LogP contribution in [0.4, 0.5) is 5.13 Å². The number of thiazole rings is 1. The zero-order chi connectivity index (χ0) is 17.8. The van der Waals surface area contributed by atoms with Crippen molar-refractivity contribution < 1.29 is 14.3 Å². The second kappa shape index (κ2) is 7.53. The summed E-state index contributed by atoms with van der Waals surface area (Å²) in [4.78, 5) is 16.8. The number of carbonyl (C=O) groups is 1. The molecule has 0 saturated carbocycles. The van der Waals surface area contributed by atoms with Crippen molar-refractivity contribution in [3.63, 3.8) is 0 Å². The van der Waals surface area contributed by atoms with E-state index in [0.717, 1.165) is 27.1 Å². The van der Waals surface area contributed by atoms with Crippen molar-refractivity contribution in [2.24, 2.45) is 0 Å². The van der Waals surface area contributed by atoms with Crippen LogP contribution in [0.25, 0.3) is 10.2 Å². The second-order valence-electron chi connectivity index (χ2n) is 5.58. The van der Waals surface area contributed by atoms with Crippen LogP contribution in [0.3, 0.4) is 0 Å². The van der Waals surface area contributed by atoms with Crippen molar-refractivity contribution in [2.45, 2.75) is 20.3 Å². The van der Waals surface area contributed by atoms with Crippen LogP contribution in [0.15, 0.2) is 36.4 Å². The number of nitrogens with zero attached hydrogens (tertiary/aromatic N) is 1. The number of benzene rings is 2. The minimum atomic E-state index is -0.0974. The number of anilines is 1. The van der Waals surface area contributed by atoms with E-state index in [9.17, 15) is 4.79 Å². The van der Waals surface area contributed by atoms with E-state index >= 15 is 0 Å². The summed E-state index contributed by atoms with van der Waals surface area (Å²) in [5.74, 6) is 1.42. The number of methoxy groups -OCH3 is 1. The van der Waals surface area contributed by atoms with Gasteiger partial charge in [-0.15, -0.1) is 0 Å². The highest BCUT2D eigenvalue weighted by molar-refractivity contribution is 7.22. The maximum atomic E-state index is 12.3. The van der Waals surface area contributed by atoms with Crippen LogP contribution in [-0.2, 0) is 11.2 Å². The SMILES string of the molecule is CCOc1ccc(CC(=O)Nc2nc3c(OC)ccc(C)c3s2)cc1. The fraction of sp³-hybridized carbons (Fsp3) is 0.263. The Morgan fingerprint density at radius 3 is 2.64 bits per heavy atom. The lowest BCUT2D eigenvalue weighted by Crippen LogP contribution is -2.14. The summed E-state index contributed by atoms with van der Waals surface area (Å²) in [5.41, 5.74) is 2.82. The van der Waals surface area contributed by atoms with Crippen LogP contribution in [0.2, 0.25) is 0 Å². The Kier molecular flexibility index (Phi) is 5.19. The average Bonchev–Trinajstić information content (AvgIpc) is 3.01. The molecule has 1 amide bonds. The molecule has 0 atom stereocenters. The lowest BCUT2D eigenvalue weighted by Gasteiger charge is -2.05. The van der Waals surface area contributed by atoms with E-state index in [2.05, 4.69) is 10.3 Å². The summed E-state index contributed by atoms with van der Waals surface area (Å²) < 4.78 is 11.8. The molecule has 0 aliphatic heterocycles. The van der Waals surface area contributed by atoms with Crippen molar-refractivity contribution >= 4 is 32.6 Å². The van der Waals surface area contributed by atoms with Gasteiger partial charge in [-0.1, -0.05) is 29.5 Å². The van der Waals surface area contributed by atoms with E-state index in [1.54, 1.807) is 7.11 Å². The van der Waals surface area contributed by atoms with Crippen LogP contribution in [0.5, 0.6) is 11.5 Å². The third-order valence-electron chi connectivity index (χ3n) is 3.77. The third-order valence-corrected chi connectivity index (χ3v) is 4.87. The Labute approximate surface area is 150 Å². The fourth-order valence-electron chi connectivity index (χ4n) is 2.55. The van der Waals surface area contributed by atoms with Gasteiger partial charge in [0.2, 0.25) is 5.91 Å². The smallest absolute Gasteiger partial charge is 0.230 e. The molecule has 0 fully saturated rings. The van der Waals surface area contributed by atoms with Gasteiger partial charge in [-0.05, 0) is 43.2 Å². The van der Waals surface area contributed by atoms with Gasteiger partial charge < -0.3 is 14.8 Å². The number of hydrogen-bond donors (Lipinski definition) is 1. The van der Waals surface area contributed by atoms with E-state index in [-0.39, 0.29) is 5.91 Å². The van der Waals surface area contributed by atoms with Gasteiger partial charge in [0.1, 0.15) is 17.0 Å². The van der Waals surface area contributed by atoms with Gasteiger partial charge >= 0.3 is 0 Å². The molecule has 130 valence electrons. The number of ether oxygens (including phenoxy) is 2. The molecule has 25 heavy (non-hydrogen) atoms. The van der Waals surface area contributed by atoms with Crippen LogP contribution < -0.4 is 14.8 Å². The molecule has 1 heterocycles. The molecule has 1 aromatic heterocycles. The molecular formula is C19H20N2O3S. The monoisotopic (exact) mass is 356 g/mol. The largest absolute Gasteiger partial charge is 0.494 e. The summed E-state index contributed by atoms with van der Waals surface area (Å²) >= 11 is 1.46. The first kappa shape index (κ1) is 17.2. The minimum absolute atomic E-state index is 0.0974. The van der Waals surface area contributed by atoms with Gasteiger partial charge in [-0.2, -0.15) is 0 Å². The van der Waals surface area contributed by atoms with Crippen molar-refractivity contribution in [3.05, 3.63) is 47.5 Å². The molecule has 0 bridgehead atoms. The number of nitrogens with one attached hydrogen (secondary N) is 1. The third kappa shape index (κ3) is 3.91. The number of hydrogen-bond acceptors (Lipinski definition) is 5. The predicted octanol–water partition coefficient (Wildman–Crippen LogP) is 4.19. The van der Waals surface area contributed by atoms with Gasteiger partial charge in [0, 0.05) is 0 Å². The summed E-state index contributed by atoms with van der Waals surface area (Å²) in [5, 5.41) is 3.46. The van der Waals surface area contributed by atoms with Crippen LogP contribution in [0, 0.1) is 6.92 Å². The molecule has 3 aromatic rings. The normalized spacial score (nSPS) is 10.7. The lowest BCUT2D eigenvalue weighted by molar-refractivity contribution is -0.115. The Balaban J connectivity index is 1.72. The summed E-state index contributed by atoms with van der Waals surface area (Å²) in [6.45, 7) is 4.59. The van der Waals surface area contributed by atoms with Gasteiger partial charge in [0.05, 0.1) is 24.8 Å². The molecule has 1 N–H and O–H groups in total. The maximum absolute atomic E-state index is 12.3. The molecule has 0 radical (unpaired) electrons. The highest BCUT2D eigenvalue weighted by Crippen LogP contribution is 2.34. The van der Waals surface area contributed by atoms with E-state index in [4.69, 9.17) is 9.47 Å². The Morgan fingerprint density at radius 2 is 1.96 bits per heavy atom. The zero-order valence-electron chi connectivity index (χ0n) is 14.5. The average molecular weight is 356 g/mol. The van der Waals surface area contributed by atoms with E-state index in [1.807, 2.05) is 50.2 Å². The quantitative estimate of drug-likeness (QED) is 0.719. The first-order valence-corrected chi connectivity index (χ1v) is 8.88. The molecule has 0 aliphatic carbocycles. The number of amides is 1. The van der Waals surface area contributed by atoms with E-state index in [0.29, 0.717) is 23.9 Å². The molecule has 5 nitrogen and oxygen atoms in total. The number of aromatic nitrogens is 1. The van der Waals surface area contributed by atoms with Crippen LogP contribution >= 0.6 is 11.3 Å². The van der Waals surface area contributed by atoms with Crippen molar-refractivity contribution in [1.82, 2.24) is 4.98 Å². The highest BCUT2D eigenvalue weighted by atomic mass is 32.1. The Bertz CT molecular complexity index is 888. The molecule has 2 aromatic carbocycles. The molecule has 0 saturated heterocycles. The lowest BCUT2D eigenvalue weighted by atomic mass is 10.1. The Morgan fingerprint density at radius 1 is 1.20 bits per heavy atom. The topological polar surface area (TPSA) is 60.5 Å². The van der Waals surface area contributed by atoms with Crippen molar-refractivity contribution in [1.29, 1.82) is 0 Å². The zero-order valence-corrected chi connectivity index (χ0v) is 15.3. The Hall–Kier alpha value is -2.60. The van der Waals surface area contributed by atoms with Gasteiger partial charge in [-0.25, -0.2) is 4.98 Å². The van der Waals surface area contributed by atoms with Gasteiger partial charge in [-0.3, -0.25) is 4.79 Å². The van der Waals surface area contributed by atoms with Crippen LogP contribution in [0.1, 0.15) is 18.1 Å². The summed E-state index contributed by atoms with van der Waals surface area (Å²) in [6, 6.07) is 11.4. The molecule has 0 spiro atoms. The standard InChI is InChI=1S/C19H20N2O3S/c1-4-24-14-8-6-13(7-9-14)11-16(22)20-19-21-17-15(23-3)10-5-12(2)18(17)25-19/h5-10H,4,11H2,1-3H3,(H,20,21,22). The summed E-state index contributed by atoms with van der Waals surface area (Å²) in [6.07, 6.45) is 0.290. The number of rotatable bonds is 6. The number of fused-ring (bicyclic) bond motifs is 1. The predicted molar refractivity (Wildman–Crippen MR) is 101 cm³/mol. The highest BCUT2D eigenvalue weighted by Gasteiger charge is 2.13. The minimum Gasteiger partial charge on any atom is -0.494 e. The van der Waals surface area contributed by atoms with Crippen molar-refractivity contribution in [3.8, 4) is 11.5 Å². The summed E-state index contributed by atoms with van der Waals surface area (Å²) in [7, 11) is 1.62. The molecule has 0 aliphatic rings. The van der Waals surface area contributed by atoms with Crippen molar-refractivity contribution in [2.75, 3.05) is 19.0 Å². The molecule has 3 rings (SSSR count). The second-order valence-corrected chi connectivity index (χ2v) is 6.58. The number of carbonyl (C=O) groups excluding carboxylic acids is 1. The molecule has 0 unspecified atom stereocenters. The van der Waals surface area contributed by atoms with Gasteiger partial charge in [0.25, 0.3) is 0 Å². The van der Waals surface area contributed by atoms with E-state index < -0.39 is 0 Å². The van der Waals surface area contributed by atoms with Crippen LogP contribution in [-0.4, -0.2) is 24.6 Å². The number of aryl methyl sites for hydroxylation is 1. The van der Waals surface area contributed by atoms with Gasteiger partial charge in [0.15, 0.2) is 5.13 Å². The maximum Gasteiger partial charge on any atom is 0.230 e. The molecular weight excluding hydrogens is 336 g/mol.